The molecule has 1 aliphatic rings. The molecule has 1 heterocycles. The number of benzene rings is 2. The Morgan fingerprint density at radius 3 is 2.62 bits per heavy atom. The summed E-state index contributed by atoms with van der Waals surface area (Å²) in [5.74, 6) is -0.273. The number of aryl methyl sites for hydroxylation is 1. The lowest BCUT2D eigenvalue weighted by Gasteiger charge is -2.21. The van der Waals surface area contributed by atoms with Crippen LogP contribution in [0.25, 0.3) is 0 Å². The van der Waals surface area contributed by atoms with E-state index in [0.29, 0.717) is 11.3 Å². The van der Waals surface area contributed by atoms with E-state index in [4.69, 9.17) is 0 Å². The molecule has 1 saturated heterocycles. The van der Waals surface area contributed by atoms with E-state index in [0.717, 1.165) is 10.5 Å². The average Bonchev–Trinajstić information content (AvgIpc) is 2.87. The second-order valence-corrected chi connectivity index (χ2v) is 7.23. The molecule has 3 rings (SSSR count). The van der Waals surface area contributed by atoms with Crippen molar-refractivity contribution in [3.8, 4) is 0 Å². The van der Waals surface area contributed by atoms with E-state index in [1.165, 1.54) is 11.8 Å². The zero-order valence-electron chi connectivity index (χ0n) is 14.5. The Morgan fingerprint density at radius 2 is 1.92 bits per heavy atom. The summed E-state index contributed by atoms with van der Waals surface area (Å²) < 4.78 is 0. The van der Waals surface area contributed by atoms with Crippen LogP contribution in [0.2, 0.25) is 0 Å². The lowest BCUT2D eigenvalue weighted by molar-refractivity contribution is -0.123. The van der Waals surface area contributed by atoms with E-state index < -0.39 is 17.5 Å². The number of carbonyl (C=O) groups excluding carboxylic acids is 3. The van der Waals surface area contributed by atoms with E-state index in [-0.39, 0.29) is 11.7 Å². The predicted octanol–water partition coefficient (Wildman–Crippen LogP) is 2.78. The number of rotatable bonds is 5. The summed E-state index contributed by atoms with van der Waals surface area (Å²) in [6, 6.07) is 14.3. The molecule has 4 amide bonds. The Hall–Kier alpha value is -2.80. The summed E-state index contributed by atoms with van der Waals surface area (Å²) in [7, 11) is 0. The van der Waals surface area contributed by atoms with Gasteiger partial charge in [-0.15, -0.1) is 11.8 Å². The monoisotopic (exact) mass is 369 g/mol. The minimum Gasteiger partial charge on any atom is -0.325 e. The van der Waals surface area contributed by atoms with Crippen molar-refractivity contribution in [3.63, 3.8) is 0 Å². The van der Waals surface area contributed by atoms with E-state index in [9.17, 15) is 14.4 Å². The smallest absolute Gasteiger partial charge is 0.322 e. The zero-order valence-corrected chi connectivity index (χ0v) is 15.3. The fourth-order valence-electron chi connectivity index (χ4n) is 2.71. The van der Waals surface area contributed by atoms with E-state index in [1.807, 2.05) is 31.2 Å². The van der Waals surface area contributed by atoms with Gasteiger partial charge in [0, 0.05) is 10.6 Å². The molecule has 134 valence electrons. The number of anilines is 1. The van der Waals surface area contributed by atoms with Crippen molar-refractivity contribution in [2.24, 2.45) is 0 Å². The third kappa shape index (κ3) is 3.72. The number of nitrogens with one attached hydrogen (secondary N) is 3. The Labute approximate surface area is 155 Å². The van der Waals surface area contributed by atoms with Crippen LogP contribution in [0.3, 0.4) is 0 Å². The lowest BCUT2D eigenvalue weighted by Crippen LogP contribution is -2.40. The molecule has 26 heavy (non-hydrogen) atoms. The number of carbonyl (C=O) groups is 3. The first kappa shape index (κ1) is 18.0. The van der Waals surface area contributed by atoms with E-state index in [2.05, 4.69) is 16.0 Å². The van der Waals surface area contributed by atoms with Crippen molar-refractivity contribution >= 4 is 35.3 Å². The largest absolute Gasteiger partial charge is 0.325 e. The summed E-state index contributed by atoms with van der Waals surface area (Å²) in [5.41, 5.74) is 1.16. The normalized spacial score (nSPS) is 19.0. The summed E-state index contributed by atoms with van der Waals surface area (Å²) in [5, 5.41) is 7.68. The summed E-state index contributed by atoms with van der Waals surface area (Å²) in [4.78, 5) is 36.8. The first-order chi connectivity index (χ1) is 12.4. The highest BCUT2D eigenvalue weighted by Gasteiger charge is 2.43. The number of hydrogen-bond acceptors (Lipinski definition) is 4. The van der Waals surface area contributed by atoms with Crippen molar-refractivity contribution in [3.05, 3.63) is 59.7 Å². The Morgan fingerprint density at radius 1 is 1.15 bits per heavy atom. The molecule has 1 fully saturated rings. The van der Waals surface area contributed by atoms with Gasteiger partial charge in [0.15, 0.2) is 0 Å². The Kier molecular flexibility index (Phi) is 4.99. The van der Waals surface area contributed by atoms with Gasteiger partial charge in [-0.05, 0) is 43.2 Å². The molecule has 6 nitrogen and oxygen atoms in total. The van der Waals surface area contributed by atoms with Crippen LogP contribution >= 0.6 is 11.8 Å². The molecule has 1 atom stereocenters. The highest BCUT2D eigenvalue weighted by molar-refractivity contribution is 8.00. The van der Waals surface area contributed by atoms with Crippen LogP contribution in [-0.2, 0) is 15.1 Å². The molecule has 1 aliphatic heterocycles. The fourth-order valence-corrected chi connectivity index (χ4v) is 3.54. The Balaban J connectivity index is 1.67. The maximum atomic E-state index is 12.2. The van der Waals surface area contributed by atoms with Gasteiger partial charge in [0.25, 0.3) is 5.91 Å². The number of hydrogen-bond donors (Lipinski definition) is 3. The molecular weight excluding hydrogens is 350 g/mol. The van der Waals surface area contributed by atoms with Crippen LogP contribution in [0.4, 0.5) is 10.5 Å². The van der Waals surface area contributed by atoms with Crippen LogP contribution in [-0.4, -0.2) is 23.6 Å². The van der Waals surface area contributed by atoms with Crippen LogP contribution < -0.4 is 16.0 Å². The summed E-state index contributed by atoms with van der Waals surface area (Å²) in [6.07, 6.45) is 0. The molecule has 7 heteroatoms. The summed E-state index contributed by atoms with van der Waals surface area (Å²) >= 11 is 1.47. The molecule has 0 spiro atoms. The van der Waals surface area contributed by atoms with Crippen LogP contribution in [0.15, 0.2) is 53.4 Å². The zero-order chi connectivity index (χ0) is 18.7. The Bertz CT molecular complexity index is 884. The van der Waals surface area contributed by atoms with Crippen molar-refractivity contribution in [2.45, 2.75) is 24.3 Å². The van der Waals surface area contributed by atoms with E-state index in [1.54, 1.807) is 31.2 Å². The van der Waals surface area contributed by atoms with Gasteiger partial charge in [-0.25, -0.2) is 4.79 Å². The number of thioether (sulfide) groups is 1. The molecule has 0 saturated carbocycles. The summed E-state index contributed by atoms with van der Waals surface area (Å²) in [6.45, 7) is 3.63. The topological polar surface area (TPSA) is 87.3 Å². The molecular formula is C19H19N3O3S. The molecule has 3 N–H and O–H groups in total. The van der Waals surface area contributed by atoms with E-state index >= 15 is 0 Å². The number of amides is 4. The molecule has 2 aromatic rings. The van der Waals surface area contributed by atoms with Gasteiger partial charge in [-0.1, -0.05) is 30.3 Å². The second-order valence-electron chi connectivity index (χ2n) is 6.22. The van der Waals surface area contributed by atoms with Gasteiger partial charge in [0.1, 0.15) is 5.54 Å². The quantitative estimate of drug-likeness (QED) is 0.559. The minimum atomic E-state index is -1.15. The first-order valence-electron chi connectivity index (χ1n) is 8.11. The molecule has 0 aromatic heterocycles. The van der Waals surface area contributed by atoms with Gasteiger partial charge in [-0.2, -0.15) is 0 Å². The number of urea groups is 1. The fraction of sp³-hybridized carbons (Fsp3) is 0.211. The molecule has 0 unspecified atom stereocenters. The second kappa shape index (κ2) is 7.21. The predicted molar refractivity (Wildman–Crippen MR) is 101 cm³/mol. The van der Waals surface area contributed by atoms with Crippen molar-refractivity contribution in [2.75, 3.05) is 11.1 Å². The maximum Gasteiger partial charge on any atom is 0.322 e. The van der Waals surface area contributed by atoms with Gasteiger partial charge >= 0.3 is 6.03 Å². The first-order valence-corrected chi connectivity index (χ1v) is 9.09. The average molecular weight is 369 g/mol. The molecule has 0 aliphatic carbocycles. The van der Waals surface area contributed by atoms with Crippen LogP contribution in [0, 0.1) is 6.92 Å². The number of imide groups is 1. The van der Waals surface area contributed by atoms with Crippen molar-refractivity contribution in [1.82, 2.24) is 10.6 Å². The van der Waals surface area contributed by atoms with Gasteiger partial charge < -0.3 is 10.6 Å². The lowest BCUT2D eigenvalue weighted by atomic mass is 9.92. The van der Waals surface area contributed by atoms with Gasteiger partial charge in [0.05, 0.1) is 5.75 Å². The third-order valence-corrected chi connectivity index (χ3v) is 5.40. The van der Waals surface area contributed by atoms with Gasteiger partial charge in [-0.3, -0.25) is 14.9 Å². The molecule has 2 aromatic carbocycles. The third-order valence-electron chi connectivity index (χ3n) is 4.22. The van der Waals surface area contributed by atoms with Gasteiger partial charge in [0.2, 0.25) is 5.91 Å². The minimum absolute atomic E-state index is 0.138. The maximum absolute atomic E-state index is 12.2. The highest BCUT2D eigenvalue weighted by Crippen LogP contribution is 2.27. The van der Waals surface area contributed by atoms with Crippen molar-refractivity contribution < 1.29 is 14.4 Å². The SMILES string of the molecule is Cc1ccccc1SCC(=O)Nc1cccc([C@@]2(C)NC(=O)NC2=O)c1. The standard InChI is InChI=1S/C19H19N3O3S/c1-12-6-3-4-9-15(12)26-11-16(23)20-14-8-5-7-13(10-14)19(2)17(24)21-18(25)22-19/h3-10H,11H2,1-2H3,(H,20,23)(H2,21,22,24,25)/t19-/m1/s1. The molecule has 0 radical (unpaired) electrons. The molecule has 0 bridgehead atoms. The highest BCUT2D eigenvalue weighted by atomic mass is 32.2. The van der Waals surface area contributed by atoms with Crippen LogP contribution in [0.1, 0.15) is 18.1 Å². The van der Waals surface area contributed by atoms with Crippen LogP contribution in [0.5, 0.6) is 0 Å². The van der Waals surface area contributed by atoms with Crippen molar-refractivity contribution in [1.29, 1.82) is 0 Å².